The fourth-order valence-electron chi connectivity index (χ4n) is 2.81. The third-order valence-corrected chi connectivity index (χ3v) is 5.17. The minimum absolute atomic E-state index is 0.171. The van der Waals surface area contributed by atoms with Gasteiger partial charge in [0.15, 0.2) is 6.61 Å². The van der Waals surface area contributed by atoms with Gasteiger partial charge in [-0.2, -0.15) is 0 Å². The fourth-order valence-corrected chi connectivity index (χ4v) is 3.63. The second kappa shape index (κ2) is 7.61. The van der Waals surface area contributed by atoms with E-state index >= 15 is 0 Å². The first-order valence-corrected chi connectivity index (χ1v) is 8.99. The maximum absolute atomic E-state index is 12.3. The van der Waals surface area contributed by atoms with Crippen molar-refractivity contribution in [3.8, 4) is 0 Å². The molecule has 5 nitrogen and oxygen atoms in total. The second-order valence-corrected chi connectivity index (χ2v) is 7.11. The van der Waals surface area contributed by atoms with Gasteiger partial charge in [0.05, 0.1) is 10.7 Å². The lowest BCUT2D eigenvalue weighted by molar-refractivity contribution is -0.134. The fraction of sp³-hybridized carbons (Fsp3) is 0.316. The smallest absolute Gasteiger partial charge is 0.350 e. The van der Waals surface area contributed by atoms with Crippen molar-refractivity contribution in [3.05, 3.63) is 57.6 Å². The molecule has 130 valence electrons. The van der Waals surface area contributed by atoms with E-state index in [4.69, 9.17) is 4.74 Å². The normalized spacial score (nSPS) is 14.2. The van der Waals surface area contributed by atoms with E-state index in [-0.39, 0.29) is 12.5 Å². The summed E-state index contributed by atoms with van der Waals surface area (Å²) in [6.07, 6.45) is 2.87. The van der Waals surface area contributed by atoms with Gasteiger partial charge in [0.2, 0.25) is 0 Å². The lowest BCUT2D eigenvalue weighted by Gasteiger charge is -2.26. The summed E-state index contributed by atoms with van der Waals surface area (Å²) in [5.74, 6) is -0.649. The van der Waals surface area contributed by atoms with Crippen LogP contribution >= 0.6 is 11.3 Å². The molecule has 0 atom stereocenters. The first kappa shape index (κ1) is 17.4. The number of hydrogen-bond donors (Lipinski definition) is 0. The number of ether oxygens (including phenoxy) is 1. The van der Waals surface area contributed by atoms with Crippen molar-refractivity contribution in [2.24, 2.45) is 0 Å². The maximum atomic E-state index is 12.3. The predicted molar refractivity (Wildman–Crippen MR) is 97.5 cm³/mol. The third-order valence-electron chi connectivity index (χ3n) is 4.12. The van der Waals surface area contributed by atoms with Crippen LogP contribution in [0.15, 0.2) is 36.4 Å². The van der Waals surface area contributed by atoms with Crippen molar-refractivity contribution < 1.29 is 14.3 Å². The lowest BCUT2D eigenvalue weighted by Crippen LogP contribution is -2.37. The molecule has 1 aliphatic heterocycles. The summed E-state index contributed by atoms with van der Waals surface area (Å²) >= 11 is 1.29. The summed E-state index contributed by atoms with van der Waals surface area (Å²) in [5, 5.41) is 0.811. The van der Waals surface area contributed by atoms with Gasteiger partial charge in [0.1, 0.15) is 4.88 Å². The molecule has 0 unspecified atom stereocenters. The van der Waals surface area contributed by atoms with E-state index in [9.17, 15) is 9.59 Å². The zero-order valence-electron chi connectivity index (χ0n) is 14.3. The molecule has 0 aliphatic carbocycles. The molecule has 1 amide bonds. The van der Waals surface area contributed by atoms with Crippen LogP contribution < -0.4 is 0 Å². The molecule has 0 spiro atoms. The number of benzene rings is 1. The molecule has 0 N–H and O–H groups in total. The van der Waals surface area contributed by atoms with Crippen LogP contribution in [0.3, 0.4) is 0 Å². The maximum Gasteiger partial charge on any atom is 0.350 e. The lowest BCUT2D eigenvalue weighted by atomic mass is 10.00. The first-order chi connectivity index (χ1) is 12.0. The number of carbonyl (C=O) groups is 2. The Morgan fingerprint density at radius 1 is 1.24 bits per heavy atom. The van der Waals surface area contributed by atoms with Gasteiger partial charge in [0, 0.05) is 13.1 Å². The van der Waals surface area contributed by atoms with Gasteiger partial charge < -0.3 is 9.64 Å². The highest BCUT2D eigenvalue weighted by Gasteiger charge is 2.21. The summed E-state index contributed by atoms with van der Waals surface area (Å²) in [6, 6.07) is 10.2. The van der Waals surface area contributed by atoms with Gasteiger partial charge in [0.25, 0.3) is 5.91 Å². The number of aryl methyl sites for hydroxylation is 2. The monoisotopic (exact) mass is 356 g/mol. The van der Waals surface area contributed by atoms with E-state index in [1.807, 2.05) is 25.1 Å². The van der Waals surface area contributed by atoms with Crippen LogP contribution in [0.4, 0.5) is 0 Å². The van der Waals surface area contributed by atoms with Crippen molar-refractivity contribution >= 4 is 28.8 Å². The molecule has 6 heteroatoms. The number of esters is 1. The average molecular weight is 356 g/mol. The van der Waals surface area contributed by atoms with Gasteiger partial charge in [-0.05, 0) is 31.4 Å². The van der Waals surface area contributed by atoms with Gasteiger partial charge in [-0.1, -0.05) is 36.4 Å². The molecule has 1 aromatic carbocycles. The van der Waals surface area contributed by atoms with Crippen LogP contribution in [0.2, 0.25) is 0 Å². The number of hydrogen-bond acceptors (Lipinski definition) is 5. The van der Waals surface area contributed by atoms with Gasteiger partial charge in [-0.25, -0.2) is 9.78 Å². The Bertz CT molecular complexity index is 811. The van der Waals surface area contributed by atoms with Crippen molar-refractivity contribution in [2.45, 2.75) is 20.3 Å². The molecule has 2 aromatic rings. The first-order valence-electron chi connectivity index (χ1n) is 8.18. The van der Waals surface area contributed by atoms with Crippen LogP contribution in [0, 0.1) is 13.8 Å². The Morgan fingerprint density at radius 2 is 2.00 bits per heavy atom. The second-order valence-electron chi connectivity index (χ2n) is 5.91. The number of thiazole rings is 1. The number of nitrogens with zero attached hydrogens (tertiary/aromatic N) is 2. The number of aromatic nitrogens is 1. The Labute approximate surface area is 150 Å². The summed E-state index contributed by atoms with van der Waals surface area (Å²) in [4.78, 5) is 30.7. The number of rotatable bonds is 4. The molecule has 1 aromatic heterocycles. The predicted octanol–water partition coefficient (Wildman–Crippen LogP) is 3.23. The van der Waals surface area contributed by atoms with E-state index in [0.717, 1.165) is 11.4 Å². The van der Waals surface area contributed by atoms with E-state index in [1.54, 1.807) is 11.8 Å². The summed E-state index contributed by atoms with van der Waals surface area (Å²) in [5.41, 5.74) is 3.09. The molecular formula is C19H20N2O3S. The van der Waals surface area contributed by atoms with Crippen molar-refractivity contribution in [1.82, 2.24) is 9.88 Å². The molecule has 0 bridgehead atoms. The van der Waals surface area contributed by atoms with Gasteiger partial charge >= 0.3 is 5.97 Å². The Balaban J connectivity index is 1.54. The summed E-state index contributed by atoms with van der Waals surface area (Å²) < 4.78 is 5.17. The Kier molecular flexibility index (Phi) is 5.28. The van der Waals surface area contributed by atoms with E-state index < -0.39 is 5.97 Å². The van der Waals surface area contributed by atoms with E-state index in [0.29, 0.717) is 23.7 Å². The highest BCUT2D eigenvalue weighted by molar-refractivity contribution is 7.13. The zero-order valence-corrected chi connectivity index (χ0v) is 15.1. The highest BCUT2D eigenvalue weighted by Crippen LogP contribution is 2.22. The molecule has 0 saturated heterocycles. The SMILES string of the molecule is Cc1nc(C)c(C(=O)OCC(=O)N2CC=C(c3ccccc3)CC2)s1. The summed E-state index contributed by atoms with van der Waals surface area (Å²) in [6.45, 7) is 4.55. The molecule has 0 fully saturated rings. The van der Waals surface area contributed by atoms with Crippen LogP contribution in [-0.2, 0) is 9.53 Å². The van der Waals surface area contributed by atoms with E-state index in [2.05, 4.69) is 23.2 Å². The Hall–Kier alpha value is -2.47. The molecule has 1 aliphatic rings. The molecule has 0 saturated carbocycles. The van der Waals surface area contributed by atoms with Crippen molar-refractivity contribution in [2.75, 3.05) is 19.7 Å². The molecular weight excluding hydrogens is 336 g/mol. The minimum Gasteiger partial charge on any atom is -0.451 e. The number of carbonyl (C=O) groups excluding carboxylic acids is 2. The third kappa shape index (κ3) is 4.14. The number of amides is 1. The minimum atomic E-state index is -0.478. The molecule has 0 radical (unpaired) electrons. The van der Waals surface area contributed by atoms with Crippen molar-refractivity contribution in [3.63, 3.8) is 0 Å². The zero-order chi connectivity index (χ0) is 17.8. The average Bonchev–Trinajstić information content (AvgIpc) is 2.98. The van der Waals surface area contributed by atoms with E-state index in [1.165, 1.54) is 22.5 Å². The van der Waals surface area contributed by atoms with Crippen LogP contribution in [0.1, 0.15) is 32.4 Å². The quantitative estimate of drug-likeness (QED) is 0.789. The topological polar surface area (TPSA) is 59.5 Å². The molecule has 3 rings (SSSR count). The van der Waals surface area contributed by atoms with Crippen LogP contribution in [-0.4, -0.2) is 41.5 Å². The standard InChI is InChI=1S/C19H20N2O3S/c1-13-18(25-14(2)20-13)19(23)24-12-17(22)21-10-8-16(9-11-21)15-6-4-3-5-7-15/h3-8H,9-12H2,1-2H3. The Morgan fingerprint density at radius 3 is 2.60 bits per heavy atom. The van der Waals surface area contributed by atoms with Crippen LogP contribution in [0.5, 0.6) is 0 Å². The highest BCUT2D eigenvalue weighted by atomic mass is 32.1. The molecule has 25 heavy (non-hydrogen) atoms. The largest absolute Gasteiger partial charge is 0.451 e. The van der Waals surface area contributed by atoms with Gasteiger partial charge in [-0.3, -0.25) is 4.79 Å². The molecule has 2 heterocycles. The van der Waals surface area contributed by atoms with Crippen LogP contribution in [0.25, 0.3) is 5.57 Å². The summed E-state index contributed by atoms with van der Waals surface area (Å²) in [7, 11) is 0. The van der Waals surface area contributed by atoms with Crippen molar-refractivity contribution in [1.29, 1.82) is 0 Å². The van der Waals surface area contributed by atoms with Gasteiger partial charge in [-0.15, -0.1) is 11.3 Å².